The van der Waals surface area contributed by atoms with Gasteiger partial charge in [-0.25, -0.2) is 0 Å². The van der Waals surface area contributed by atoms with Gasteiger partial charge in [0.05, 0.1) is 6.04 Å². The summed E-state index contributed by atoms with van der Waals surface area (Å²) in [7, 11) is 0. The summed E-state index contributed by atoms with van der Waals surface area (Å²) < 4.78 is 0. The van der Waals surface area contributed by atoms with E-state index in [-0.39, 0.29) is 5.91 Å². The van der Waals surface area contributed by atoms with Gasteiger partial charge in [0.1, 0.15) is 0 Å². The van der Waals surface area contributed by atoms with Crippen LogP contribution in [0.25, 0.3) is 0 Å². The maximum absolute atomic E-state index is 10.6. The zero-order chi connectivity index (χ0) is 8.97. The smallest absolute Gasteiger partial charge is 0.234 e. The number of carbonyl (C=O) groups is 1. The third kappa shape index (κ3) is 2.79. The first-order chi connectivity index (χ1) is 5.70. The minimum absolute atomic E-state index is 0.388. The van der Waals surface area contributed by atoms with Gasteiger partial charge < -0.3 is 16.8 Å². The normalized spacial score (nSPS) is 26.6. The first-order valence-electron chi connectivity index (χ1n) is 4.45. The Labute approximate surface area is 72.7 Å². The van der Waals surface area contributed by atoms with Crippen LogP contribution in [0.2, 0.25) is 0 Å². The second kappa shape index (κ2) is 4.42. The summed E-state index contributed by atoms with van der Waals surface area (Å²) in [5.74, 6) is 0.141. The van der Waals surface area contributed by atoms with Crippen LogP contribution in [0.15, 0.2) is 0 Å². The Morgan fingerprint density at radius 1 is 1.67 bits per heavy atom. The molecule has 1 aliphatic heterocycles. The van der Waals surface area contributed by atoms with Crippen molar-refractivity contribution < 1.29 is 4.79 Å². The number of hydrogen-bond acceptors (Lipinski definition) is 3. The first-order valence-corrected chi connectivity index (χ1v) is 4.45. The molecule has 0 saturated carbocycles. The molecule has 4 nitrogen and oxygen atoms in total. The zero-order valence-corrected chi connectivity index (χ0v) is 7.25. The average molecular weight is 171 g/mol. The van der Waals surface area contributed by atoms with E-state index < -0.39 is 6.04 Å². The van der Waals surface area contributed by atoms with Crippen molar-refractivity contribution in [2.24, 2.45) is 17.4 Å². The maximum Gasteiger partial charge on any atom is 0.234 e. The minimum atomic E-state index is -0.463. The van der Waals surface area contributed by atoms with Gasteiger partial charge in [-0.2, -0.15) is 0 Å². The average Bonchev–Trinajstić information content (AvgIpc) is 2.06. The van der Waals surface area contributed by atoms with Crippen LogP contribution in [0.4, 0.5) is 0 Å². The number of hydrogen-bond donors (Lipinski definition) is 3. The molecule has 0 radical (unpaired) electrons. The number of carbonyl (C=O) groups excluding carboxylic acids is 1. The molecule has 4 heteroatoms. The van der Waals surface area contributed by atoms with E-state index in [0.717, 1.165) is 25.9 Å². The monoisotopic (exact) mass is 171 g/mol. The lowest BCUT2D eigenvalue weighted by Crippen LogP contribution is -2.41. The Hall–Kier alpha value is -0.610. The Balaban J connectivity index is 2.24. The SMILES string of the molecule is NC(=O)[C@@H](N)CC1CCCNC1. The van der Waals surface area contributed by atoms with Crippen LogP contribution in [0.5, 0.6) is 0 Å². The van der Waals surface area contributed by atoms with Crippen molar-refractivity contribution in [1.82, 2.24) is 5.32 Å². The largest absolute Gasteiger partial charge is 0.368 e. The molecule has 0 aromatic carbocycles. The van der Waals surface area contributed by atoms with Gasteiger partial charge in [-0.15, -0.1) is 0 Å². The topological polar surface area (TPSA) is 81.1 Å². The van der Waals surface area contributed by atoms with Crippen molar-refractivity contribution >= 4 is 5.91 Å². The summed E-state index contributed by atoms with van der Waals surface area (Å²) in [4.78, 5) is 10.6. The van der Waals surface area contributed by atoms with Gasteiger partial charge in [0, 0.05) is 0 Å². The highest BCUT2D eigenvalue weighted by molar-refractivity contribution is 5.79. The predicted molar refractivity (Wildman–Crippen MR) is 47.4 cm³/mol. The van der Waals surface area contributed by atoms with Crippen LogP contribution in [-0.4, -0.2) is 25.0 Å². The molecule has 0 bridgehead atoms. The number of amides is 1. The second-order valence-electron chi connectivity index (χ2n) is 3.46. The fourth-order valence-corrected chi connectivity index (χ4v) is 1.60. The van der Waals surface area contributed by atoms with E-state index in [0.29, 0.717) is 5.92 Å². The minimum Gasteiger partial charge on any atom is -0.368 e. The summed E-state index contributed by atoms with van der Waals surface area (Å²) in [5, 5.41) is 3.27. The fourth-order valence-electron chi connectivity index (χ4n) is 1.60. The van der Waals surface area contributed by atoms with E-state index in [1.54, 1.807) is 0 Å². The molecule has 1 rings (SSSR count). The van der Waals surface area contributed by atoms with Gasteiger partial charge in [0.15, 0.2) is 0 Å². The van der Waals surface area contributed by atoms with Crippen molar-refractivity contribution in [3.05, 3.63) is 0 Å². The molecule has 1 fully saturated rings. The van der Waals surface area contributed by atoms with E-state index in [1.807, 2.05) is 0 Å². The van der Waals surface area contributed by atoms with Gasteiger partial charge in [0.2, 0.25) is 5.91 Å². The highest BCUT2D eigenvalue weighted by Crippen LogP contribution is 2.14. The standard InChI is InChI=1S/C8H17N3O/c9-7(8(10)12)4-6-2-1-3-11-5-6/h6-7,11H,1-5,9H2,(H2,10,12)/t6?,7-/m0/s1. The molecule has 70 valence electrons. The van der Waals surface area contributed by atoms with Crippen LogP contribution in [0.1, 0.15) is 19.3 Å². The van der Waals surface area contributed by atoms with E-state index in [1.165, 1.54) is 6.42 Å². The van der Waals surface area contributed by atoms with Crippen LogP contribution in [0.3, 0.4) is 0 Å². The highest BCUT2D eigenvalue weighted by Gasteiger charge is 2.18. The molecular formula is C8H17N3O. The molecule has 0 spiro atoms. The molecule has 1 heterocycles. The van der Waals surface area contributed by atoms with Crippen LogP contribution in [-0.2, 0) is 4.79 Å². The lowest BCUT2D eigenvalue weighted by atomic mass is 9.92. The maximum atomic E-state index is 10.6. The Bertz CT molecular complexity index is 154. The van der Waals surface area contributed by atoms with Crippen molar-refractivity contribution in [2.75, 3.05) is 13.1 Å². The number of nitrogens with one attached hydrogen (secondary N) is 1. The Morgan fingerprint density at radius 3 is 2.92 bits per heavy atom. The van der Waals surface area contributed by atoms with E-state index in [9.17, 15) is 4.79 Å². The van der Waals surface area contributed by atoms with Crippen LogP contribution in [0, 0.1) is 5.92 Å². The van der Waals surface area contributed by atoms with Crippen LogP contribution < -0.4 is 16.8 Å². The third-order valence-corrected chi connectivity index (χ3v) is 2.35. The zero-order valence-electron chi connectivity index (χ0n) is 7.25. The molecule has 1 unspecified atom stereocenters. The highest BCUT2D eigenvalue weighted by atomic mass is 16.1. The summed E-state index contributed by atoms with van der Waals surface area (Å²) in [5.41, 5.74) is 10.6. The van der Waals surface area contributed by atoms with Gasteiger partial charge in [-0.1, -0.05) is 0 Å². The van der Waals surface area contributed by atoms with Gasteiger partial charge in [-0.05, 0) is 38.3 Å². The second-order valence-corrected chi connectivity index (χ2v) is 3.46. The predicted octanol–water partition coefficient (Wildman–Crippen LogP) is -0.811. The quantitative estimate of drug-likeness (QED) is 0.519. The van der Waals surface area contributed by atoms with E-state index >= 15 is 0 Å². The first kappa shape index (κ1) is 9.48. The summed E-state index contributed by atoms with van der Waals surface area (Å²) in [6.07, 6.45) is 3.06. The number of rotatable bonds is 3. The lowest BCUT2D eigenvalue weighted by Gasteiger charge is -2.24. The third-order valence-electron chi connectivity index (χ3n) is 2.35. The van der Waals surface area contributed by atoms with Gasteiger partial charge in [-0.3, -0.25) is 4.79 Å². The van der Waals surface area contributed by atoms with E-state index in [4.69, 9.17) is 11.5 Å². The van der Waals surface area contributed by atoms with Crippen molar-refractivity contribution in [3.8, 4) is 0 Å². The summed E-state index contributed by atoms with van der Waals surface area (Å²) in [6, 6.07) is -0.463. The molecule has 1 aliphatic rings. The lowest BCUT2D eigenvalue weighted by molar-refractivity contribution is -0.119. The fraction of sp³-hybridized carbons (Fsp3) is 0.875. The van der Waals surface area contributed by atoms with Crippen molar-refractivity contribution in [1.29, 1.82) is 0 Å². The molecular weight excluding hydrogens is 154 g/mol. The molecule has 5 N–H and O–H groups in total. The molecule has 0 aliphatic carbocycles. The molecule has 0 aromatic rings. The molecule has 12 heavy (non-hydrogen) atoms. The van der Waals surface area contributed by atoms with E-state index in [2.05, 4.69) is 5.32 Å². The number of piperidine rings is 1. The van der Waals surface area contributed by atoms with Crippen molar-refractivity contribution in [2.45, 2.75) is 25.3 Å². The van der Waals surface area contributed by atoms with Crippen molar-refractivity contribution in [3.63, 3.8) is 0 Å². The molecule has 2 atom stereocenters. The van der Waals surface area contributed by atoms with Gasteiger partial charge in [0.25, 0.3) is 0 Å². The summed E-state index contributed by atoms with van der Waals surface area (Å²) in [6.45, 7) is 2.06. The molecule has 0 aromatic heterocycles. The summed E-state index contributed by atoms with van der Waals surface area (Å²) >= 11 is 0. The van der Waals surface area contributed by atoms with Crippen LogP contribution >= 0.6 is 0 Å². The molecule has 1 saturated heterocycles. The number of nitrogens with two attached hydrogens (primary N) is 2. The Morgan fingerprint density at radius 2 is 2.42 bits per heavy atom. The van der Waals surface area contributed by atoms with Gasteiger partial charge >= 0.3 is 0 Å². The Kier molecular flexibility index (Phi) is 3.49. The number of primary amides is 1. The molecule has 1 amide bonds.